The van der Waals surface area contributed by atoms with Gasteiger partial charge in [-0.3, -0.25) is 0 Å². The van der Waals surface area contributed by atoms with Gasteiger partial charge in [0, 0.05) is 11.0 Å². The van der Waals surface area contributed by atoms with E-state index in [1.807, 2.05) is 18.2 Å². The number of halogens is 1. The van der Waals surface area contributed by atoms with E-state index in [1.54, 1.807) is 4.90 Å². The van der Waals surface area contributed by atoms with E-state index in [9.17, 15) is 9.90 Å². The van der Waals surface area contributed by atoms with E-state index in [1.165, 1.54) is 0 Å². The minimum atomic E-state index is -0.817. The van der Waals surface area contributed by atoms with Gasteiger partial charge in [0.25, 0.3) is 6.01 Å². The number of benzene rings is 1. The van der Waals surface area contributed by atoms with Crippen molar-refractivity contribution in [3.05, 3.63) is 22.7 Å². The summed E-state index contributed by atoms with van der Waals surface area (Å²) in [5.41, 5.74) is 1.41. The van der Waals surface area contributed by atoms with Crippen molar-refractivity contribution in [2.24, 2.45) is 0 Å². The van der Waals surface area contributed by atoms with Crippen molar-refractivity contribution in [3.8, 4) is 0 Å². The van der Waals surface area contributed by atoms with Gasteiger partial charge in [0.1, 0.15) is 11.6 Å². The molecule has 0 unspecified atom stereocenters. The summed E-state index contributed by atoms with van der Waals surface area (Å²) in [7, 11) is 0. The van der Waals surface area contributed by atoms with Crippen molar-refractivity contribution in [2.45, 2.75) is 25.3 Å². The van der Waals surface area contributed by atoms with Gasteiger partial charge in [-0.1, -0.05) is 15.9 Å². The smallest absolute Gasteiger partial charge is 0.326 e. The number of hydrogen-bond donors (Lipinski definition) is 1. The number of anilines is 1. The lowest BCUT2D eigenvalue weighted by Crippen LogP contribution is -2.44. The minimum Gasteiger partial charge on any atom is -0.480 e. The molecule has 1 saturated heterocycles. The van der Waals surface area contributed by atoms with Crippen LogP contribution in [-0.2, 0) is 4.79 Å². The van der Waals surface area contributed by atoms with Crippen molar-refractivity contribution in [2.75, 3.05) is 11.4 Å². The van der Waals surface area contributed by atoms with Crippen LogP contribution in [0.4, 0.5) is 6.01 Å². The number of carbonyl (C=O) groups is 1. The number of carboxylic acids is 1. The van der Waals surface area contributed by atoms with Gasteiger partial charge in [0.15, 0.2) is 5.58 Å². The van der Waals surface area contributed by atoms with Crippen LogP contribution in [0.5, 0.6) is 0 Å². The number of hydrogen-bond acceptors (Lipinski definition) is 4. The van der Waals surface area contributed by atoms with E-state index in [2.05, 4.69) is 20.9 Å². The first-order valence-corrected chi connectivity index (χ1v) is 7.00. The lowest BCUT2D eigenvalue weighted by molar-refractivity contribution is -0.139. The zero-order valence-electron chi connectivity index (χ0n) is 10.2. The molecule has 6 heteroatoms. The van der Waals surface area contributed by atoms with Crippen molar-refractivity contribution >= 4 is 39.0 Å². The van der Waals surface area contributed by atoms with Crippen LogP contribution in [0.15, 0.2) is 27.1 Å². The molecular weight excluding hydrogens is 312 g/mol. The van der Waals surface area contributed by atoms with E-state index >= 15 is 0 Å². The maximum Gasteiger partial charge on any atom is 0.326 e. The summed E-state index contributed by atoms with van der Waals surface area (Å²) >= 11 is 3.38. The first kappa shape index (κ1) is 12.5. The number of aliphatic carboxylic acids is 1. The number of rotatable bonds is 2. The molecule has 0 radical (unpaired) electrons. The number of piperidine rings is 1. The normalized spacial score (nSPS) is 19.8. The van der Waals surface area contributed by atoms with Gasteiger partial charge in [-0.05, 0) is 37.5 Å². The van der Waals surface area contributed by atoms with E-state index in [-0.39, 0.29) is 0 Å². The molecule has 1 aromatic carbocycles. The molecule has 2 aromatic rings. The Hall–Kier alpha value is -1.56. The average molecular weight is 325 g/mol. The molecule has 5 nitrogen and oxygen atoms in total. The Bertz CT molecular complexity index is 625. The van der Waals surface area contributed by atoms with Crippen molar-refractivity contribution in [3.63, 3.8) is 0 Å². The van der Waals surface area contributed by atoms with Gasteiger partial charge >= 0.3 is 5.97 Å². The summed E-state index contributed by atoms with van der Waals surface area (Å²) in [6.45, 7) is 0.672. The fourth-order valence-corrected chi connectivity index (χ4v) is 2.77. The molecule has 1 aromatic heterocycles. The Kier molecular flexibility index (Phi) is 3.18. The van der Waals surface area contributed by atoms with E-state index in [4.69, 9.17) is 4.42 Å². The second kappa shape index (κ2) is 4.85. The highest BCUT2D eigenvalue weighted by atomic mass is 79.9. The molecule has 3 rings (SSSR count). The zero-order valence-corrected chi connectivity index (χ0v) is 11.8. The molecule has 1 aliphatic heterocycles. The van der Waals surface area contributed by atoms with Gasteiger partial charge in [-0.2, -0.15) is 4.98 Å². The molecule has 100 valence electrons. The standard InChI is InChI=1S/C13H13BrN2O3/c14-8-4-5-9-11(7-8)19-13(15-9)16-6-2-1-3-10(16)12(17)18/h4-5,7,10H,1-3,6H2,(H,17,18)/t10-/m0/s1. The van der Waals surface area contributed by atoms with Crippen LogP contribution in [0.25, 0.3) is 11.1 Å². The quantitative estimate of drug-likeness (QED) is 0.919. The summed E-state index contributed by atoms with van der Waals surface area (Å²) in [4.78, 5) is 17.4. The molecule has 0 aliphatic carbocycles. The second-order valence-corrected chi connectivity index (χ2v) is 5.57. The van der Waals surface area contributed by atoms with Crippen LogP contribution in [0.2, 0.25) is 0 Å². The molecule has 0 bridgehead atoms. The highest BCUT2D eigenvalue weighted by Gasteiger charge is 2.31. The summed E-state index contributed by atoms with van der Waals surface area (Å²) in [5, 5.41) is 9.27. The molecular formula is C13H13BrN2O3. The van der Waals surface area contributed by atoms with Crippen LogP contribution < -0.4 is 4.90 Å². The lowest BCUT2D eigenvalue weighted by atomic mass is 10.0. The third-order valence-corrected chi connectivity index (χ3v) is 3.87. The summed E-state index contributed by atoms with van der Waals surface area (Å²) < 4.78 is 6.60. The number of carboxylic acid groups (broad SMARTS) is 1. The Morgan fingerprint density at radius 3 is 3.11 bits per heavy atom. The lowest BCUT2D eigenvalue weighted by Gasteiger charge is -2.31. The Labute approximate surface area is 118 Å². The van der Waals surface area contributed by atoms with Gasteiger partial charge in [-0.15, -0.1) is 0 Å². The highest BCUT2D eigenvalue weighted by Crippen LogP contribution is 2.29. The van der Waals surface area contributed by atoms with Crippen LogP contribution >= 0.6 is 15.9 Å². The minimum absolute atomic E-state index is 0.403. The summed E-state index contributed by atoms with van der Waals surface area (Å²) in [6.07, 6.45) is 2.53. The number of nitrogens with zero attached hydrogens (tertiary/aromatic N) is 2. The fourth-order valence-electron chi connectivity index (χ4n) is 2.43. The first-order valence-electron chi connectivity index (χ1n) is 6.21. The molecule has 0 amide bonds. The predicted octanol–water partition coefficient (Wildman–Crippen LogP) is 3.03. The van der Waals surface area contributed by atoms with Crippen molar-refractivity contribution in [1.82, 2.24) is 4.98 Å². The Balaban J connectivity index is 1.99. The van der Waals surface area contributed by atoms with Crippen LogP contribution in [0.3, 0.4) is 0 Å². The Morgan fingerprint density at radius 1 is 1.47 bits per heavy atom. The van der Waals surface area contributed by atoms with Crippen LogP contribution in [0.1, 0.15) is 19.3 Å². The molecule has 1 fully saturated rings. The topological polar surface area (TPSA) is 66.6 Å². The highest BCUT2D eigenvalue weighted by molar-refractivity contribution is 9.10. The van der Waals surface area contributed by atoms with Gasteiger partial charge in [0.2, 0.25) is 0 Å². The monoisotopic (exact) mass is 324 g/mol. The first-order chi connectivity index (χ1) is 9.15. The van der Waals surface area contributed by atoms with Gasteiger partial charge in [-0.25, -0.2) is 4.79 Å². The van der Waals surface area contributed by atoms with Gasteiger partial charge < -0.3 is 14.4 Å². The Morgan fingerprint density at radius 2 is 2.32 bits per heavy atom. The van der Waals surface area contributed by atoms with Crippen LogP contribution in [0, 0.1) is 0 Å². The molecule has 1 N–H and O–H groups in total. The van der Waals surface area contributed by atoms with E-state index < -0.39 is 12.0 Å². The largest absolute Gasteiger partial charge is 0.480 e. The molecule has 2 heterocycles. The number of oxazole rings is 1. The number of fused-ring (bicyclic) bond motifs is 1. The maximum atomic E-state index is 11.3. The second-order valence-electron chi connectivity index (χ2n) is 4.65. The number of aromatic nitrogens is 1. The summed E-state index contributed by atoms with van der Waals surface area (Å²) in [5.74, 6) is -0.817. The van der Waals surface area contributed by atoms with Gasteiger partial charge in [0.05, 0.1) is 0 Å². The SMILES string of the molecule is O=C(O)[C@@H]1CCCCN1c1nc2ccc(Br)cc2o1. The van der Waals surface area contributed by atoms with E-state index in [0.29, 0.717) is 24.6 Å². The fraction of sp³-hybridized carbons (Fsp3) is 0.385. The average Bonchev–Trinajstić information content (AvgIpc) is 2.81. The van der Waals surface area contributed by atoms with E-state index in [0.717, 1.165) is 22.8 Å². The van der Waals surface area contributed by atoms with Crippen molar-refractivity contribution in [1.29, 1.82) is 0 Å². The molecule has 0 saturated carbocycles. The summed E-state index contributed by atoms with van der Waals surface area (Å²) in [6, 6.07) is 5.45. The molecule has 1 aliphatic rings. The van der Waals surface area contributed by atoms with Crippen molar-refractivity contribution < 1.29 is 14.3 Å². The molecule has 0 spiro atoms. The molecule has 1 atom stereocenters. The third kappa shape index (κ3) is 2.32. The molecule has 19 heavy (non-hydrogen) atoms. The predicted molar refractivity (Wildman–Crippen MR) is 74.3 cm³/mol. The zero-order chi connectivity index (χ0) is 13.4. The third-order valence-electron chi connectivity index (χ3n) is 3.37. The maximum absolute atomic E-state index is 11.3. The van der Waals surface area contributed by atoms with Crippen LogP contribution in [-0.4, -0.2) is 28.6 Å².